The Hall–Kier alpha value is -2.36. The van der Waals surface area contributed by atoms with Crippen molar-refractivity contribution in [2.24, 2.45) is 0 Å². The van der Waals surface area contributed by atoms with E-state index in [2.05, 4.69) is 0 Å². The van der Waals surface area contributed by atoms with Crippen molar-refractivity contribution in [2.45, 2.75) is 46.1 Å². The molecular weight excluding hydrogens is 292 g/mol. The van der Waals surface area contributed by atoms with Gasteiger partial charge in [-0.3, -0.25) is 9.59 Å². The summed E-state index contributed by atoms with van der Waals surface area (Å²) in [5, 5.41) is 10.3. The lowest BCUT2D eigenvalue weighted by Gasteiger charge is -2.26. The van der Waals surface area contributed by atoms with Gasteiger partial charge in [-0.25, -0.2) is 0 Å². The molecule has 0 fully saturated rings. The van der Waals surface area contributed by atoms with Crippen molar-refractivity contribution in [3.8, 4) is 11.5 Å². The number of ether oxygens (including phenoxy) is 1. The number of carbonyl (C=O) groups is 2. The van der Waals surface area contributed by atoms with Crippen molar-refractivity contribution in [3.63, 3.8) is 0 Å². The molecule has 0 spiro atoms. The third-order valence-electron chi connectivity index (χ3n) is 3.84. The summed E-state index contributed by atoms with van der Waals surface area (Å²) in [4.78, 5) is 22.4. The van der Waals surface area contributed by atoms with Crippen LogP contribution in [0.2, 0.25) is 0 Å². The third-order valence-corrected chi connectivity index (χ3v) is 3.84. The maximum Gasteiger partial charge on any atom is 0.154 e. The summed E-state index contributed by atoms with van der Waals surface area (Å²) < 4.78 is 5.90. The van der Waals surface area contributed by atoms with Crippen molar-refractivity contribution >= 4 is 12.1 Å². The Morgan fingerprint density at radius 2 is 2.13 bits per heavy atom. The minimum Gasteiger partial charge on any atom is -0.507 e. The topological polar surface area (TPSA) is 63.6 Å². The molecule has 1 unspecified atom stereocenters. The summed E-state index contributed by atoms with van der Waals surface area (Å²) in [6.45, 7) is 5.46. The summed E-state index contributed by atoms with van der Waals surface area (Å²) in [5.74, 6) is 0.631. The number of fused-ring (bicyclic) bond motifs is 1. The molecule has 0 amide bonds. The number of hydrogen-bond acceptors (Lipinski definition) is 4. The van der Waals surface area contributed by atoms with Crippen molar-refractivity contribution < 1.29 is 19.4 Å². The van der Waals surface area contributed by atoms with E-state index in [1.807, 2.05) is 19.9 Å². The largest absolute Gasteiger partial charge is 0.507 e. The molecule has 4 nitrogen and oxygen atoms in total. The average molecular weight is 314 g/mol. The van der Waals surface area contributed by atoms with E-state index in [0.717, 1.165) is 11.1 Å². The van der Waals surface area contributed by atoms with Gasteiger partial charge in [-0.05, 0) is 58.3 Å². The minimum atomic E-state index is -0.188. The summed E-state index contributed by atoms with van der Waals surface area (Å²) >= 11 is 0. The lowest BCUT2D eigenvalue weighted by molar-refractivity contribution is -0.112. The van der Waals surface area contributed by atoms with Crippen LogP contribution < -0.4 is 4.74 Å². The highest BCUT2D eigenvalue weighted by atomic mass is 16.5. The van der Waals surface area contributed by atoms with Crippen molar-refractivity contribution in [1.82, 2.24) is 0 Å². The number of aromatic hydroxyl groups is 1. The Bertz CT molecular complexity index is 679. The number of hydrogen-bond donors (Lipinski definition) is 1. The molecule has 1 atom stereocenters. The predicted octanol–water partition coefficient (Wildman–Crippen LogP) is 3.55. The van der Waals surface area contributed by atoms with Gasteiger partial charge in [0.25, 0.3) is 0 Å². The number of benzene rings is 1. The molecule has 1 heterocycles. The first-order valence-corrected chi connectivity index (χ1v) is 7.74. The Morgan fingerprint density at radius 1 is 1.39 bits per heavy atom. The molecule has 0 bridgehead atoms. The first-order valence-electron chi connectivity index (χ1n) is 7.74. The number of allylic oxidation sites excluding steroid dienone is 3. The fourth-order valence-electron chi connectivity index (χ4n) is 2.61. The highest BCUT2D eigenvalue weighted by Gasteiger charge is 2.24. The lowest BCUT2D eigenvalue weighted by atomic mass is 9.93. The Balaban J connectivity index is 2.37. The van der Waals surface area contributed by atoms with E-state index in [4.69, 9.17) is 4.74 Å². The van der Waals surface area contributed by atoms with Gasteiger partial charge in [0, 0.05) is 11.1 Å². The quantitative estimate of drug-likeness (QED) is 0.513. The van der Waals surface area contributed by atoms with Gasteiger partial charge in [0.1, 0.15) is 17.6 Å². The summed E-state index contributed by atoms with van der Waals surface area (Å²) in [6, 6.07) is 1.80. The van der Waals surface area contributed by atoms with E-state index in [1.54, 1.807) is 12.1 Å². The third kappa shape index (κ3) is 4.09. The highest BCUT2D eigenvalue weighted by Crippen LogP contribution is 2.37. The Kier molecular flexibility index (Phi) is 5.37. The molecule has 1 aromatic rings. The number of rotatable bonds is 5. The van der Waals surface area contributed by atoms with Crippen molar-refractivity contribution in [1.29, 1.82) is 0 Å². The summed E-state index contributed by atoms with van der Waals surface area (Å²) in [7, 11) is 0. The smallest absolute Gasteiger partial charge is 0.154 e. The van der Waals surface area contributed by atoms with Gasteiger partial charge in [-0.15, -0.1) is 0 Å². The molecular formula is C19H22O4. The molecule has 1 N–H and O–H groups in total. The van der Waals surface area contributed by atoms with E-state index in [1.165, 1.54) is 13.0 Å². The Morgan fingerprint density at radius 3 is 2.74 bits per heavy atom. The molecule has 1 aromatic carbocycles. The number of aldehydes is 1. The Labute approximate surface area is 136 Å². The van der Waals surface area contributed by atoms with E-state index >= 15 is 0 Å². The SMILES string of the molecule is CC(=O)/C=C/C1CCc2c(cc(CC=C(C)C)c(O)c2C=O)O1. The van der Waals surface area contributed by atoms with Gasteiger partial charge < -0.3 is 9.84 Å². The van der Waals surface area contributed by atoms with E-state index in [-0.39, 0.29) is 17.6 Å². The number of phenols is 1. The van der Waals surface area contributed by atoms with E-state index < -0.39 is 0 Å². The van der Waals surface area contributed by atoms with Gasteiger partial charge in [-0.1, -0.05) is 11.6 Å². The molecule has 1 aliphatic rings. The van der Waals surface area contributed by atoms with Gasteiger partial charge in [0.15, 0.2) is 12.1 Å². The van der Waals surface area contributed by atoms with Gasteiger partial charge in [0.05, 0.1) is 5.56 Å². The van der Waals surface area contributed by atoms with E-state index in [9.17, 15) is 14.7 Å². The fraction of sp³-hybridized carbons (Fsp3) is 0.368. The lowest BCUT2D eigenvalue weighted by Crippen LogP contribution is -2.22. The number of ketones is 1. The van der Waals surface area contributed by atoms with Crippen LogP contribution in [0.4, 0.5) is 0 Å². The van der Waals surface area contributed by atoms with Crippen molar-refractivity contribution in [3.05, 3.63) is 46.6 Å². The second-order valence-electron chi connectivity index (χ2n) is 6.04. The molecule has 0 aliphatic carbocycles. The molecule has 0 saturated heterocycles. The molecule has 4 heteroatoms. The molecule has 0 aromatic heterocycles. The molecule has 23 heavy (non-hydrogen) atoms. The summed E-state index contributed by atoms with van der Waals surface area (Å²) in [5.41, 5.74) is 2.86. The zero-order valence-electron chi connectivity index (χ0n) is 13.8. The molecule has 122 valence electrons. The molecule has 1 aliphatic heterocycles. The maximum atomic E-state index is 11.4. The number of carbonyl (C=O) groups excluding carboxylic acids is 2. The van der Waals surface area contributed by atoms with Crippen LogP contribution in [0.1, 0.15) is 48.7 Å². The monoisotopic (exact) mass is 314 g/mol. The van der Waals surface area contributed by atoms with E-state index in [0.29, 0.717) is 42.4 Å². The van der Waals surface area contributed by atoms with Crippen LogP contribution in [0, 0.1) is 0 Å². The van der Waals surface area contributed by atoms with Crippen LogP contribution in [0.25, 0.3) is 0 Å². The summed E-state index contributed by atoms with van der Waals surface area (Å²) in [6.07, 6.45) is 7.58. The first-order chi connectivity index (χ1) is 10.9. The molecule has 2 rings (SSSR count). The van der Waals surface area contributed by atoms with Gasteiger partial charge in [0.2, 0.25) is 0 Å². The van der Waals surface area contributed by atoms with Crippen LogP contribution in [0.15, 0.2) is 29.9 Å². The van der Waals surface area contributed by atoms with Crippen LogP contribution in [0.5, 0.6) is 11.5 Å². The van der Waals surface area contributed by atoms with Crippen LogP contribution >= 0.6 is 0 Å². The first kappa shape index (κ1) is 17.0. The zero-order chi connectivity index (χ0) is 17.0. The van der Waals surface area contributed by atoms with Gasteiger partial charge in [-0.2, -0.15) is 0 Å². The molecule has 0 radical (unpaired) electrons. The fourth-order valence-corrected chi connectivity index (χ4v) is 2.61. The average Bonchev–Trinajstić information content (AvgIpc) is 2.50. The van der Waals surface area contributed by atoms with Crippen LogP contribution in [-0.4, -0.2) is 23.3 Å². The van der Waals surface area contributed by atoms with Crippen LogP contribution in [0.3, 0.4) is 0 Å². The predicted molar refractivity (Wildman–Crippen MR) is 89.2 cm³/mol. The van der Waals surface area contributed by atoms with Crippen LogP contribution in [-0.2, 0) is 17.6 Å². The highest BCUT2D eigenvalue weighted by molar-refractivity contribution is 5.87. The standard InChI is InChI=1S/C19H22O4/c1-12(2)4-6-14-10-18-16(17(11-20)19(14)22)9-8-15(23-18)7-5-13(3)21/h4-5,7,10-11,15,22H,6,8-9H2,1-3H3/b7-5+. The second kappa shape index (κ2) is 7.27. The molecule has 0 saturated carbocycles. The number of phenolic OH excluding ortho intramolecular Hbond substituents is 1. The minimum absolute atomic E-state index is 0.0251. The second-order valence-corrected chi connectivity index (χ2v) is 6.04. The van der Waals surface area contributed by atoms with Crippen molar-refractivity contribution in [2.75, 3.05) is 0 Å². The van der Waals surface area contributed by atoms with Gasteiger partial charge >= 0.3 is 0 Å². The zero-order valence-corrected chi connectivity index (χ0v) is 13.8. The maximum absolute atomic E-state index is 11.4. The normalized spacial score (nSPS) is 16.6.